The molecule has 124 valence electrons. The van der Waals surface area contributed by atoms with Crippen LogP contribution in [0.25, 0.3) is 0 Å². The van der Waals surface area contributed by atoms with Crippen LogP contribution in [0.2, 0.25) is 0 Å². The summed E-state index contributed by atoms with van der Waals surface area (Å²) in [4.78, 5) is 13.7. The summed E-state index contributed by atoms with van der Waals surface area (Å²) in [6.07, 6.45) is 2.99. The molecule has 1 fully saturated rings. The maximum atomic E-state index is 11.6. The van der Waals surface area contributed by atoms with Crippen LogP contribution in [0.5, 0.6) is 0 Å². The number of sulfone groups is 1. The molecular formula is C14H28N2O4S. The van der Waals surface area contributed by atoms with E-state index in [0.29, 0.717) is 18.8 Å². The van der Waals surface area contributed by atoms with Gasteiger partial charge in [-0.15, -0.1) is 0 Å². The van der Waals surface area contributed by atoms with Crippen molar-refractivity contribution in [2.45, 2.75) is 51.1 Å². The molecule has 0 radical (unpaired) electrons. The largest absolute Gasteiger partial charge is 0.465 e. The Morgan fingerprint density at radius 3 is 2.62 bits per heavy atom. The third kappa shape index (κ3) is 5.92. The molecule has 0 spiro atoms. The summed E-state index contributed by atoms with van der Waals surface area (Å²) in [5, 5.41) is 0. The zero-order valence-corrected chi connectivity index (χ0v) is 14.1. The van der Waals surface area contributed by atoms with Crippen molar-refractivity contribution in [2.24, 2.45) is 5.73 Å². The smallest absolute Gasteiger partial charge is 0.325 e. The molecule has 0 saturated carbocycles. The molecule has 1 saturated heterocycles. The van der Waals surface area contributed by atoms with Crippen molar-refractivity contribution < 1.29 is 17.9 Å². The van der Waals surface area contributed by atoms with Gasteiger partial charge in [-0.05, 0) is 53.1 Å². The molecule has 6 nitrogen and oxygen atoms in total. The van der Waals surface area contributed by atoms with Gasteiger partial charge in [0.1, 0.15) is 5.54 Å². The number of ether oxygens (including phenoxy) is 1. The van der Waals surface area contributed by atoms with E-state index in [0.717, 1.165) is 25.8 Å². The van der Waals surface area contributed by atoms with Crippen LogP contribution < -0.4 is 5.73 Å². The van der Waals surface area contributed by atoms with Gasteiger partial charge in [0.15, 0.2) is 9.84 Å². The normalized spacial score (nSPS) is 24.0. The van der Waals surface area contributed by atoms with E-state index in [4.69, 9.17) is 10.5 Å². The highest BCUT2D eigenvalue weighted by molar-refractivity contribution is 7.91. The molecule has 1 rings (SSSR count). The monoisotopic (exact) mass is 320 g/mol. The molecule has 1 aliphatic rings. The summed E-state index contributed by atoms with van der Waals surface area (Å²) in [5.41, 5.74) is 5.01. The second kappa shape index (κ2) is 7.56. The molecule has 0 aromatic heterocycles. The highest BCUT2D eigenvalue weighted by Gasteiger charge is 2.31. The first-order valence-electron chi connectivity index (χ1n) is 7.55. The fourth-order valence-corrected chi connectivity index (χ4v) is 4.36. The van der Waals surface area contributed by atoms with Crippen LogP contribution in [0.3, 0.4) is 0 Å². The lowest BCUT2D eigenvalue weighted by Gasteiger charge is -2.25. The maximum Gasteiger partial charge on any atom is 0.325 e. The third-order valence-electron chi connectivity index (χ3n) is 4.03. The van der Waals surface area contributed by atoms with Crippen LogP contribution >= 0.6 is 0 Å². The predicted molar refractivity (Wildman–Crippen MR) is 82.8 cm³/mol. The van der Waals surface area contributed by atoms with Crippen LogP contribution in [0.1, 0.15) is 39.5 Å². The van der Waals surface area contributed by atoms with E-state index in [1.807, 2.05) is 7.05 Å². The lowest BCUT2D eigenvalue weighted by molar-refractivity contribution is -0.149. The fourth-order valence-electron chi connectivity index (χ4n) is 2.56. The van der Waals surface area contributed by atoms with Crippen molar-refractivity contribution in [3.05, 3.63) is 0 Å². The SMILES string of the molecule is CCOC(=O)C(C)(N)CCCCN(C)C1CCS(=O)(=O)C1. The second-order valence-electron chi connectivity index (χ2n) is 6.13. The molecule has 2 atom stereocenters. The topological polar surface area (TPSA) is 89.7 Å². The number of nitrogens with zero attached hydrogens (tertiary/aromatic N) is 1. The van der Waals surface area contributed by atoms with Gasteiger partial charge in [0, 0.05) is 6.04 Å². The first kappa shape index (κ1) is 18.4. The summed E-state index contributed by atoms with van der Waals surface area (Å²) in [7, 11) is -0.878. The lowest BCUT2D eigenvalue weighted by Crippen LogP contribution is -2.46. The number of carbonyl (C=O) groups is 1. The molecule has 0 aromatic rings. The van der Waals surface area contributed by atoms with Crippen LogP contribution in [-0.4, -0.2) is 62.6 Å². The Morgan fingerprint density at radius 1 is 1.43 bits per heavy atom. The highest BCUT2D eigenvalue weighted by atomic mass is 32.2. The third-order valence-corrected chi connectivity index (χ3v) is 5.78. The van der Waals surface area contributed by atoms with Crippen LogP contribution in [-0.2, 0) is 19.4 Å². The fraction of sp³-hybridized carbons (Fsp3) is 0.929. The van der Waals surface area contributed by atoms with Gasteiger partial charge in [0.25, 0.3) is 0 Å². The molecule has 2 unspecified atom stereocenters. The van der Waals surface area contributed by atoms with E-state index in [1.54, 1.807) is 13.8 Å². The summed E-state index contributed by atoms with van der Waals surface area (Å²) in [6.45, 7) is 4.61. The Labute approximate surface area is 127 Å². The van der Waals surface area contributed by atoms with E-state index in [-0.39, 0.29) is 17.8 Å². The maximum absolute atomic E-state index is 11.6. The van der Waals surface area contributed by atoms with Crippen molar-refractivity contribution in [3.8, 4) is 0 Å². The van der Waals surface area contributed by atoms with Gasteiger partial charge in [-0.25, -0.2) is 8.42 Å². The molecule has 2 N–H and O–H groups in total. The van der Waals surface area contributed by atoms with E-state index < -0.39 is 15.4 Å². The molecular weight excluding hydrogens is 292 g/mol. The first-order valence-corrected chi connectivity index (χ1v) is 9.37. The quantitative estimate of drug-likeness (QED) is 0.519. The van der Waals surface area contributed by atoms with Gasteiger partial charge in [-0.2, -0.15) is 0 Å². The molecule has 0 aromatic carbocycles. The number of nitrogens with two attached hydrogens (primary N) is 1. The molecule has 7 heteroatoms. The number of hydrogen-bond acceptors (Lipinski definition) is 6. The van der Waals surface area contributed by atoms with Gasteiger partial charge in [-0.1, -0.05) is 0 Å². The second-order valence-corrected chi connectivity index (χ2v) is 8.36. The summed E-state index contributed by atoms with van der Waals surface area (Å²) in [5.74, 6) is 0.201. The molecule has 0 aliphatic carbocycles. The van der Waals surface area contributed by atoms with Crippen molar-refractivity contribution in [2.75, 3.05) is 31.7 Å². The van der Waals surface area contributed by atoms with Crippen LogP contribution in [0.4, 0.5) is 0 Å². The molecule has 1 heterocycles. The summed E-state index contributed by atoms with van der Waals surface area (Å²) in [6, 6.07) is 0.129. The molecule has 1 aliphatic heterocycles. The van der Waals surface area contributed by atoms with Gasteiger partial charge in [0.2, 0.25) is 0 Å². The minimum absolute atomic E-state index is 0.129. The van der Waals surface area contributed by atoms with Crippen molar-refractivity contribution in [1.29, 1.82) is 0 Å². The number of unbranched alkanes of at least 4 members (excludes halogenated alkanes) is 1. The number of hydrogen-bond donors (Lipinski definition) is 1. The lowest BCUT2D eigenvalue weighted by atomic mass is 9.96. The zero-order chi connectivity index (χ0) is 16.1. The Hall–Kier alpha value is -0.660. The minimum atomic E-state index is -2.83. The highest BCUT2D eigenvalue weighted by Crippen LogP contribution is 2.18. The molecule has 0 amide bonds. The van der Waals surface area contributed by atoms with Gasteiger partial charge in [0.05, 0.1) is 18.1 Å². The van der Waals surface area contributed by atoms with E-state index in [2.05, 4.69) is 4.90 Å². The van der Waals surface area contributed by atoms with Crippen molar-refractivity contribution in [3.63, 3.8) is 0 Å². The molecule has 0 bridgehead atoms. The van der Waals surface area contributed by atoms with Gasteiger partial charge < -0.3 is 15.4 Å². The number of rotatable bonds is 8. The standard InChI is InChI=1S/C14H28N2O4S/c1-4-20-13(17)14(2,15)8-5-6-9-16(3)12-7-10-21(18,19)11-12/h12H,4-11,15H2,1-3H3. The first-order chi connectivity index (χ1) is 9.68. The number of esters is 1. The van der Waals surface area contributed by atoms with E-state index in [9.17, 15) is 13.2 Å². The van der Waals surface area contributed by atoms with E-state index in [1.165, 1.54) is 0 Å². The summed E-state index contributed by atoms with van der Waals surface area (Å²) >= 11 is 0. The average molecular weight is 320 g/mol. The minimum Gasteiger partial charge on any atom is -0.465 e. The molecule has 21 heavy (non-hydrogen) atoms. The zero-order valence-electron chi connectivity index (χ0n) is 13.3. The Bertz CT molecular complexity index is 448. The van der Waals surface area contributed by atoms with Crippen molar-refractivity contribution >= 4 is 15.8 Å². The van der Waals surface area contributed by atoms with Crippen LogP contribution in [0.15, 0.2) is 0 Å². The van der Waals surface area contributed by atoms with Crippen molar-refractivity contribution in [1.82, 2.24) is 4.90 Å². The Morgan fingerprint density at radius 2 is 2.10 bits per heavy atom. The predicted octanol–water partition coefficient (Wildman–Crippen LogP) is 0.556. The number of carbonyl (C=O) groups excluding carboxylic acids is 1. The van der Waals surface area contributed by atoms with Gasteiger partial charge in [-0.3, -0.25) is 4.79 Å². The summed E-state index contributed by atoms with van der Waals surface area (Å²) < 4.78 is 27.8. The Balaban J connectivity index is 2.26. The van der Waals surface area contributed by atoms with E-state index >= 15 is 0 Å². The van der Waals surface area contributed by atoms with Crippen LogP contribution in [0, 0.1) is 0 Å². The Kier molecular flexibility index (Phi) is 6.62. The average Bonchev–Trinajstić information content (AvgIpc) is 2.75. The van der Waals surface area contributed by atoms with Gasteiger partial charge >= 0.3 is 5.97 Å².